The van der Waals surface area contributed by atoms with Crippen LogP contribution in [0.15, 0.2) is 23.4 Å². The van der Waals surface area contributed by atoms with E-state index in [9.17, 15) is 4.79 Å². The van der Waals surface area contributed by atoms with Crippen molar-refractivity contribution in [2.75, 3.05) is 0 Å². The van der Waals surface area contributed by atoms with Crippen molar-refractivity contribution in [3.05, 3.63) is 45.6 Å². The minimum Gasteiger partial charge on any atom is -0.291 e. The average molecular weight is 291 g/mol. The standard InChI is InChI=1S/C12H11ClN6O/c1-7-3-14-12(20)19(5-7)6-9-16-10(13)8-4-15-18(2)11(8)17-9/h3-5H,6H2,1-2H3. The molecule has 0 aromatic carbocycles. The second kappa shape index (κ2) is 4.68. The molecule has 20 heavy (non-hydrogen) atoms. The molecular formula is C12H11ClN6O. The van der Waals surface area contributed by atoms with Crippen LogP contribution < -0.4 is 5.69 Å². The first-order valence-electron chi connectivity index (χ1n) is 5.92. The van der Waals surface area contributed by atoms with Gasteiger partial charge < -0.3 is 0 Å². The molecule has 3 aromatic rings. The van der Waals surface area contributed by atoms with E-state index in [4.69, 9.17) is 11.6 Å². The molecule has 3 rings (SSSR count). The molecule has 102 valence electrons. The van der Waals surface area contributed by atoms with E-state index < -0.39 is 0 Å². The molecule has 0 unspecified atom stereocenters. The Kier molecular flexibility index (Phi) is 2.98. The molecule has 0 bridgehead atoms. The van der Waals surface area contributed by atoms with Gasteiger partial charge in [0.25, 0.3) is 0 Å². The van der Waals surface area contributed by atoms with Crippen LogP contribution in [0.1, 0.15) is 11.4 Å². The van der Waals surface area contributed by atoms with Gasteiger partial charge in [-0.25, -0.2) is 19.7 Å². The van der Waals surface area contributed by atoms with Crippen molar-refractivity contribution in [1.29, 1.82) is 0 Å². The third-order valence-electron chi connectivity index (χ3n) is 2.89. The highest BCUT2D eigenvalue weighted by atomic mass is 35.5. The average Bonchev–Trinajstić information content (AvgIpc) is 2.77. The number of hydrogen-bond acceptors (Lipinski definition) is 5. The van der Waals surface area contributed by atoms with Crippen LogP contribution in [0, 0.1) is 6.92 Å². The van der Waals surface area contributed by atoms with Gasteiger partial charge in [0, 0.05) is 19.4 Å². The highest BCUT2D eigenvalue weighted by molar-refractivity contribution is 6.33. The maximum Gasteiger partial charge on any atom is 0.347 e. The van der Waals surface area contributed by atoms with Gasteiger partial charge in [-0.15, -0.1) is 0 Å². The zero-order chi connectivity index (χ0) is 14.3. The Morgan fingerprint density at radius 3 is 2.90 bits per heavy atom. The van der Waals surface area contributed by atoms with Crippen molar-refractivity contribution < 1.29 is 0 Å². The van der Waals surface area contributed by atoms with Gasteiger partial charge >= 0.3 is 5.69 Å². The Labute approximate surface area is 118 Å². The zero-order valence-electron chi connectivity index (χ0n) is 10.9. The summed E-state index contributed by atoms with van der Waals surface area (Å²) in [5, 5.41) is 5.10. The Morgan fingerprint density at radius 2 is 2.10 bits per heavy atom. The number of nitrogens with zero attached hydrogens (tertiary/aromatic N) is 6. The normalized spacial score (nSPS) is 11.2. The summed E-state index contributed by atoms with van der Waals surface area (Å²) in [6.07, 6.45) is 4.85. The van der Waals surface area contributed by atoms with E-state index >= 15 is 0 Å². The summed E-state index contributed by atoms with van der Waals surface area (Å²) in [6.45, 7) is 2.08. The largest absolute Gasteiger partial charge is 0.347 e. The van der Waals surface area contributed by atoms with Crippen molar-refractivity contribution in [3.8, 4) is 0 Å². The topological polar surface area (TPSA) is 78.5 Å². The fourth-order valence-electron chi connectivity index (χ4n) is 1.93. The van der Waals surface area contributed by atoms with E-state index in [0.717, 1.165) is 5.56 Å². The van der Waals surface area contributed by atoms with E-state index in [1.807, 2.05) is 6.92 Å². The van der Waals surface area contributed by atoms with Gasteiger partial charge in [-0.3, -0.25) is 9.25 Å². The molecule has 0 spiro atoms. The van der Waals surface area contributed by atoms with E-state index in [0.29, 0.717) is 22.0 Å². The molecule has 3 aromatic heterocycles. The Balaban J connectivity index is 2.08. The van der Waals surface area contributed by atoms with Crippen LogP contribution in [-0.4, -0.2) is 29.3 Å². The lowest BCUT2D eigenvalue weighted by atomic mass is 10.4. The molecule has 0 fully saturated rings. The molecule has 0 amide bonds. The lowest BCUT2D eigenvalue weighted by molar-refractivity contribution is 0.684. The van der Waals surface area contributed by atoms with Gasteiger partial charge in [-0.2, -0.15) is 5.10 Å². The smallest absolute Gasteiger partial charge is 0.291 e. The summed E-state index contributed by atoms with van der Waals surface area (Å²) in [4.78, 5) is 24.0. The predicted octanol–water partition coefficient (Wildman–Crippen LogP) is 0.930. The van der Waals surface area contributed by atoms with E-state index in [1.165, 1.54) is 10.8 Å². The maximum absolute atomic E-state index is 11.7. The van der Waals surface area contributed by atoms with Crippen LogP contribution in [0.2, 0.25) is 5.15 Å². The second-order valence-corrected chi connectivity index (χ2v) is 4.84. The minimum absolute atomic E-state index is 0.217. The van der Waals surface area contributed by atoms with Crippen molar-refractivity contribution in [3.63, 3.8) is 0 Å². The number of fused-ring (bicyclic) bond motifs is 1. The summed E-state index contributed by atoms with van der Waals surface area (Å²) in [7, 11) is 1.77. The third kappa shape index (κ3) is 2.16. The van der Waals surface area contributed by atoms with Crippen molar-refractivity contribution >= 4 is 22.6 Å². The van der Waals surface area contributed by atoms with Gasteiger partial charge in [0.2, 0.25) is 0 Å². The molecule has 0 radical (unpaired) electrons. The fraction of sp³-hybridized carbons (Fsp3) is 0.250. The van der Waals surface area contributed by atoms with Crippen LogP contribution in [-0.2, 0) is 13.6 Å². The van der Waals surface area contributed by atoms with Crippen molar-refractivity contribution in [2.24, 2.45) is 7.05 Å². The molecular weight excluding hydrogens is 280 g/mol. The summed E-state index contributed by atoms with van der Waals surface area (Å²) in [5.74, 6) is 0.445. The van der Waals surface area contributed by atoms with Crippen molar-refractivity contribution in [2.45, 2.75) is 13.5 Å². The monoisotopic (exact) mass is 290 g/mol. The maximum atomic E-state index is 11.7. The first-order chi connectivity index (χ1) is 9.54. The lowest BCUT2D eigenvalue weighted by Crippen LogP contribution is -2.23. The lowest BCUT2D eigenvalue weighted by Gasteiger charge is -2.05. The molecule has 0 atom stereocenters. The van der Waals surface area contributed by atoms with Gasteiger partial charge in [0.1, 0.15) is 5.15 Å². The van der Waals surface area contributed by atoms with Crippen LogP contribution in [0.5, 0.6) is 0 Å². The number of halogens is 1. The Bertz CT molecular complexity index is 853. The second-order valence-electron chi connectivity index (χ2n) is 4.48. The fourth-order valence-corrected chi connectivity index (χ4v) is 2.16. The van der Waals surface area contributed by atoms with Crippen LogP contribution in [0.25, 0.3) is 11.0 Å². The summed E-state index contributed by atoms with van der Waals surface area (Å²) in [6, 6.07) is 0. The Hall–Kier alpha value is -2.28. The minimum atomic E-state index is -0.347. The molecule has 0 saturated heterocycles. The summed E-state index contributed by atoms with van der Waals surface area (Å²) >= 11 is 6.11. The SMILES string of the molecule is Cc1cnc(=O)n(Cc2nc(Cl)c3cnn(C)c3n2)c1. The molecule has 0 aliphatic heterocycles. The van der Waals surface area contributed by atoms with E-state index in [2.05, 4.69) is 20.1 Å². The highest BCUT2D eigenvalue weighted by Gasteiger charge is 2.10. The van der Waals surface area contributed by atoms with Crippen LogP contribution in [0.4, 0.5) is 0 Å². The summed E-state index contributed by atoms with van der Waals surface area (Å²) < 4.78 is 3.06. The third-order valence-corrected chi connectivity index (χ3v) is 3.18. The van der Waals surface area contributed by atoms with E-state index in [1.54, 1.807) is 24.1 Å². The van der Waals surface area contributed by atoms with Crippen molar-refractivity contribution in [1.82, 2.24) is 29.3 Å². The van der Waals surface area contributed by atoms with Crippen LogP contribution >= 0.6 is 11.6 Å². The van der Waals surface area contributed by atoms with E-state index in [-0.39, 0.29) is 12.2 Å². The van der Waals surface area contributed by atoms with Gasteiger partial charge in [-0.05, 0) is 12.5 Å². The first kappa shape index (κ1) is 12.7. The number of aryl methyl sites for hydroxylation is 2. The molecule has 0 saturated carbocycles. The molecule has 7 nitrogen and oxygen atoms in total. The molecule has 0 N–H and O–H groups in total. The van der Waals surface area contributed by atoms with Gasteiger partial charge in [0.05, 0.1) is 18.1 Å². The highest BCUT2D eigenvalue weighted by Crippen LogP contribution is 2.19. The van der Waals surface area contributed by atoms with Gasteiger partial charge in [0.15, 0.2) is 11.5 Å². The summed E-state index contributed by atoms with van der Waals surface area (Å²) in [5.41, 5.74) is 1.17. The quantitative estimate of drug-likeness (QED) is 0.656. The predicted molar refractivity (Wildman–Crippen MR) is 73.7 cm³/mol. The molecule has 8 heteroatoms. The van der Waals surface area contributed by atoms with Crippen LogP contribution in [0.3, 0.4) is 0 Å². The molecule has 3 heterocycles. The number of aromatic nitrogens is 6. The molecule has 0 aliphatic rings. The number of rotatable bonds is 2. The Morgan fingerprint density at radius 1 is 1.30 bits per heavy atom. The van der Waals surface area contributed by atoms with Gasteiger partial charge in [-0.1, -0.05) is 11.6 Å². The first-order valence-corrected chi connectivity index (χ1v) is 6.29. The molecule has 0 aliphatic carbocycles. The number of hydrogen-bond donors (Lipinski definition) is 0. The zero-order valence-corrected chi connectivity index (χ0v) is 11.7.